The Hall–Kier alpha value is -1.79. The molecular formula is C12H21N3O4. The second kappa shape index (κ2) is 7.60. The van der Waals surface area contributed by atoms with Crippen molar-refractivity contribution in [3.05, 3.63) is 0 Å². The maximum absolute atomic E-state index is 11.9. The van der Waals surface area contributed by atoms with E-state index in [-0.39, 0.29) is 24.3 Å². The summed E-state index contributed by atoms with van der Waals surface area (Å²) in [5.74, 6) is -0.743. The Balaban J connectivity index is 2.26. The second-order valence-electron chi connectivity index (χ2n) is 4.81. The van der Waals surface area contributed by atoms with Gasteiger partial charge in [0.1, 0.15) is 0 Å². The van der Waals surface area contributed by atoms with Gasteiger partial charge in [-0.1, -0.05) is 6.92 Å². The number of nitrogens with zero attached hydrogens (tertiary/aromatic N) is 1. The fourth-order valence-corrected chi connectivity index (χ4v) is 1.82. The van der Waals surface area contributed by atoms with Crippen LogP contribution < -0.4 is 10.6 Å². The highest BCUT2D eigenvalue weighted by atomic mass is 16.4. The first kappa shape index (κ1) is 15.3. The molecule has 7 heteroatoms. The molecule has 0 saturated carbocycles. The van der Waals surface area contributed by atoms with E-state index >= 15 is 0 Å². The van der Waals surface area contributed by atoms with Crippen LogP contribution in [0.25, 0.3) is 0 Å². The number of carboxylic acid groups (broad SMARTS) is 1. The molecule has 3 N–H and O–H groups in total. The molecule has 1 aliphatic rings. The van der Waals surface area contributed by atoms with Crippen molar-refractivity contribution in [2.75, 3.05) is 26.2 Å². The first-order valence-electron chi connectivity index (χ1n) is 6.50. The van der Waals surface area contributed by atoms with E-state index < -0.39 is 5.97 Å². The van der Waals surface area contributed by atoms with Crippen LogP contribution in [0, 0.1) is 5.92 Å². The van der Waals surface area contributed by atoms with Crippen LogP contribution in [0.1, 0.15) is 26.2 Å². The van der Waals surface area contributed by atoms with Crippen LogP contribution >= 0.6 is 0 Å². The first-order valence-corrected chi connectivity index (χ1v) is 6.50. The van der Waals surface area contributed by atoms with Crippen LogP contribution in [0.5, 0.6) is 0 Å². The summed E-state index contributed by atoms with van der Waals surface area (Å²) < 4.78 is 0. The summed E-state index contributed by atoms with van der Waals surface area (Å²) in [5.41, 5.74) is 0. The van der Waals surface area contributed by atoms with Gasteiger partial charge in [0.25, 0.3) is 0 Å². The third-order valence-corrected chi connectivity index (χ3v) is 3.05. The third-order valence-electron chi connectivity index (χ3n) is 3.05. The Morgan fingerprint density at radius 3 is 2.89 bits per heavy atom. The van der Waals surface area contributed by atoms with Crippen molar-refractivity contribution in [3.63, 3.8) is 0 Å². The fourth-order valence-electron chi connectivity index (χ4n) is 1.82. The number of hydrogen-bond acceptors (Lipinski definition) is 3. The average Bonchev–Trinajstić information content (AvgIpc) is 2.58. The maximum atomic E-state index is 11.9. The Kier molecular flexibility index (Phi) is 6.11. The minimum atomic E-state index is -0.824. The van der Waals surface area contributed by atoms with Crippen LogP contribution in [-0.4, -0.2) is 54.1 Å². The SMILES string of the molecule is CC(CCC(=O)O)CNC(=O)N1CCNC(=O)CC1. The number of hydrogen-bond donors (Lipinski definition) is 3. The van der Waals surface area contributed by atoms with Crippen LogP contribution in [0.4, 0.5) is 4.79 Å². The zero-order chi connectivity index (χ0) is 14.3. The van der Waals surface area contributed by atoms with Crippen molar-refractivity contribution in [2.45, 2.75) is 26.2 Å². The lowest BCUT2D eigenvalue weighted by Gasteiger charge is -2.21. The second-order valence-corrected chi connectivity index (χ2v) is 4.81. The Labute approximate surface area is 112 Å². The van der Waals surface area contributed by atoms with E-state index in [0.717, 1.165) is 0 Å². The highest BCUT2D eigenvalue weighted by Crippen LogP contribution is 2.04. The van der Waals surface area contributed by atoms with E-state index in [1.54, 1.807) is 4.90 Å². The van der Waals surface area contributed by atoms with Crippen molar-refractivity contribution in [1.29, 1.82) is 0 Å². The smallest absolute Gasteiger partial charge is 0.317 e. The number of amides is 3. The third kappa shape index (κ3) is 6.08. The molecule has 1 unspecified atom stereocenters. The summed E-state index contributed by atoms with van der Waals surface area (Å²) in [4.78, 5) is 35.0. The van der Waals surface area contributed by atoms with Crippen molar-refractivity contribution in [1.82, 2.24) is 15.5 Å². The molecule has 1 heterocycles. The largest absolute Gasteiger partial charge is 0.481 e. The minimum absolute atomic E-state index is 0.0369. The number of rotatable bonds is 5. The number of carbonyl (C=O) groups excluding carboxylic acids is 2. The lowest BCUT2D eigenvalue weighted by atomic mass is 10.1. The Morgan fingerprint density at radius 1 is 1.47 bits per heavy atom. The number of nitrogens with one attached hydrogen (secondary N) is 2. The number of carboxylic acids is 1. The lowest BCUT2D eigenvalue weighted by Crippen LogP contribution is -2.43. The van der Waals surface area contributed by atoms with E-state index in [4.69, 9.17) is 5.11 Å². The van der Waals surface area contributed by atoms with Crippen LogP contribution in [0.3, 0.4) is 0 Å². The van der Waals surface area contributed by atoms with Crippen LogP contribution in [-0.2, 0) is 9.59 Å². The van der Waals surface area contributed by atoms with Gasteiger partial charge in [0.2, 0.25) is 5.91 Å². The molecule has 1 fully saturated rings. The molecule has 0 bridgehead atoms. The predicted octanol–water partition coefficient (Wildman–Crippen LogP) is 0.0188. The molecule has 108 valence electrons. The highest BCUT2D eigenvalue weighted by molar-refractivity contribution is 5.79. The number of aliphatic carboxylic acids is 1. The molecule has 0 aromatic rings. The van der Waals surface area contributed by atoms with Crippen molar-refractivity contribution < 1.29 is 19.5 Å². The summed E-state index contributed by atoms with van der Waals surface area (Å²) >= 11 is 0. The lowest BCUT2D eigenvalue weighted by molar-refractivity contribution is -0.137. The average molecular weight is 271 g/mol. The molecule has 1 rings (SSSR count). The monoisotopic (exact) mass is 271 g/mol. The van der Waals surface area contributed by atoms with Gasteiger partial charge < -0.3 is 20.6 Å². The molecule has 0 aromatic carbocycles. The topological polar surface area (TPSA) is 98.7 Å². The molecule has 1 saturated heterocycles. The van der Waals surface area contributed by atoms with Gasteiger partial charge in [-0.15, -0.1) is 0 Å². The van der Waals surface area contributed by atoms with E-state index in [1.165, 1.54) is 0 Å². The molecule has 7 nitrogen and oxygen atoms in total. The summed E-state index contributed by atoms with van der Waals surface area (Å²) in [6.45, 7) is 3.74. The fraction of sp³-hybridized carbons (Fsp3) is 0.750. The van der Waals surface area contributed by atoms with E-state index in [9.17, 15) is 14.4 Å². The van der Waals surface area contributed by atoms with Crippen LogP contribution in [0.15, 0.2) is 0 Å². The normalized spacial score (nSPS) is 17.3. The summed E-state index contributed by atoms with van der Waals surface area (Å²) in [7, 11) is 0. The summed E-state index contributed by atoms with van der Waals surface area (Å²) in [5, 5.41) is 14.0. The quantitative estimate of drug-likeness (QED) is 0.656. The highest BCUT2D eigenvalue weighted by Gasteiger charge is 2.18. The number of carbonyl (C=O) groups is 3. The zero-order valence-corrected chi connectivity index (χ0v) is 11.1. The first-order chi connectivity index (χ1) is 8.99. The molecule has 0 aliphatic carbocycles. The van der Waals surface area contributed by atoms with E-state index in [0.29, 0.717) is 39.0 Å². The Morgan fingerprint density at radius 2 is 2.21 bits per heavy atom. The molecule has 19 heavy (non-hydrogen) atoms. The Bertz CT molecular complexity index is 346. The van der Waals surface area contributed by atoms with Gasteiger partial charge in [0.05, 0.1) is 0 Å². The van der Waals surface area contributed by atoms with Gasteiger partial charge in [-0.3, -0.25) is 9.59 Å². The predicted molar refractivity (Wildman–Crippen MR) is 68.6 cm³/mol. The van der Waals surface area contributed by atoms with Gasteiger partial charge in [-0.05, 0) is 12.3 Å². The minimum Gasteiger partial charge on any atom is -0.481 e. The van der Waals surface area contributed by atoms with Gasteiger partial charge in [-0.2, -0.15) is 0 Å². The maximum Gasteiger partial charge on any atom is 0.317 e. The molecule has 0 spiro atoms. The van der Waals surface area contributed by atoms with Crippen molar-refractivity contribution >= 4 is 17.9 Å². The summed E-state index contributed by atoms with van der Waals surface area (Å²) in [6, 6.07) is -0.196. The zero-order valence-electron chi connectivity index (χ0n) is 11.1. The van der Waals surface area contributed by atoms with Crippen LogP contribution in [0.2, 0.25) is 0 Å². The van der Waals surface area contributed by atoms with Gasteiger partial charge in [0.15, 0.2) is 0 Å². The molecule has 3 amide bonds. The van der Waals surface area contributed by atoms with Gasteiger partial charge in [0, 0.05) is 39.0 Å². The van der Waals surface area contributed by atoms with E-state index in [1.807, 2.05) is 6.92 Å². The van der Waals surface area contributed by atoms with E-state index in [2.05, 4.69) is 10.6 Å². The molecule has 0 radical (unpaired) electrons. The molecule has 0 aromatic heterocycles. The van der Waals surface area contributed by atoms with Gasteiger partial charge in [-0.25, -0.2) is 4.79 Å². The summed E-state index contributed by atoms with van der Waals surface area (Å²) in [6.07, 6.45) is 0.969. The molecular weight excluding hydrogens is 250 g/mol. The van der Waals surface area contributed by atoms with Crippen molar-refractivity contribution in [2.24, 2.45) is 5.92 Å². The van der Waals surface area contributed by atoms with Gasteiger partial charge >= 0.3 is 12.0 Å². The number of urea groups is 1. The standard InChI is InChI=1S/C12H21N3O4/c1-9(2-3-11(17)18)8-14-12(19)15-6-4-10(16)13-5-7-15/h9H,2-8H2,1H3,(H,13,16)(H,14,19)(H,17,18). The molecule has 1 aliphatic heterocycles. The van der Waals surface area contributed by atoms with Crippen molar-refractivity contribution in [3.8, 4) is 0 Å². The molecule has 1 atom stereocenters.